The third kappa shape index (κ3) is 4.62. The smallest absolute Gasteiger partial charge is 0.417 e. The van der Waals surface area contributed by atoms with Gasteiger partial charge in [-0.2, -0.15) is 13.2 Å². The van der Waals surface area contributed by atoms with E-state index in [9.17, 15) is 13.2 Å². The molecule has 29 heavy (non-hydrogen) atoms. The maximum Gasteiger partial charge on any atom is 0.417 e. The fourth-order valence-electron chi connectivity index (χ4n) is 2.60. The number of benzene rings is 2. The molecule has 6 nitrogen and oxygen atoms in total. The molecule has 3 aromatic rings. The Bertz CT molecular complexity index is 1040. The van der Waals surface area contributed by atoms with Crippen LogP contribution in [-0.4, -0.2) is 17.1 Å². The van der Waals surface area contributed by atoms with E-state index in [2.05, 4.69) is 20.6 Å². The Hall–Kier alpha value is -3.20. The number of halogens is 4. The molecule has 0 unspecified atom stereocenters. The average Bonchev–Trinajstić information content (AvgIpc) is 2.66. The molecule has 3 rings (SSSR count). The second kappa shape index (κ2) is 8.04. The van der Waals surface area contributed by atoms with Gasteiger partial charge in [0.25, 0.3) is 0 Å². The fraction of sp³-hybridized carbons (Fsp3) is 0.158. The third-order valence-corrected chi connectivity index (χ3v) is 4.36. The van der Waals surface area contributed by atoms with Gasteiger partial charge in [-0.3, -0.25) is 0 Å². The highest BCUT2D eigenvalue weighted by atomic mass is 35.5. The summed E-state index contributed by atoms with van der Waals surface area (Å²) in [6, 6.07) is 8.97. The van der Waals surface area contributed by atoms with Crippen molar-refractivity contribution in [3.63, 3.8) is 0 Å². The number of anilines is 5. The van der Waals surface area contributed by atoms with E-state index in [1.54, 1.807) is 6.07 Å². The molecule has 2 aromatic carbocycles. The highest BCUT2D eigenvalue weighted by Gasteiger charge is 2.33. The van der Waals surface area contributed by atoms with Crippen LogP contribution in [-0.2, 0) is 6.18 Å². The molecule has 0 aliphatic heterocycles. The second-order valence-electron chi connectivity index (χ2n) is 6.13. The van der Waals surface area contributed by atoms with Crippen LogP contribution in [0.5, 0.6) is 5.75 Å². The van der Waals surface area contributed by atoms with Crippen molar-refractivity contribution in [1.82, 2.24) is 9.97 Å². The second-order valence-corrected chi connectivity index (χ2v) is 6.54. The zero-order valence-corrected chi connectivity index (χ0v) is 16.2. The number of nitrogens with one attached hydrogen (secondary N) is 2. The predicted octanol–water partition coefficient (Wildman–Crippen LogP) is 5.54. The molecule has 1 aromatic heterocycles. The largest absolute Gasteiger partial charge is 0.495 e. The van der Waals surface area contributed by atoms with Gasteiger partial charge in [0, 0.05) is 5.69 Å². The summed E-state index contributed by atoms with van der Waals surface area (Å²) in [6.07, 6.45) is -3.34. The predicted molar refractivity (Wildman–Crippen MR) is 107 cm³/mol. The Morgan fingerprint density at radius 1 is 1.03 bits per heavy atom. The summed E-state index contributed by atoms with van der Waals surface area (Å²) in [5.41, 5.74) is 7.04. The summed E-state index contributed by atoms with van der Waals surface area (Å²) in [4.78, 5) is 8.13. The Morgan fingerprint density at radius 3 is 2.38 bits per heavy atom. The first-order valence-electron chi connectivity index (χ1n) is 8.35. The lowest BCUT2D eigenvalue weighted by molar-refractivity contribution is -0.137. The molecule has 0 radical (unpaired) electrons. The van der Waals surface area contributed by atoms with Gasteiger partial charge in [-0.15, -0.1) is 0 Å². The normalized spacial score (nSPS) is 11.2. The lowest BCUT2D eigenvalue weighted by atomic mass is 10.2. The summed E-state index contributed by atoms with van der Waals surface area (Å²) < 4.78 is 44.5. The van der Waals surface area contributed by atoms with Gasteiger partial charge >= 0.3 is 6.18 Å². The minimum Gasteiger partial charge on any atom is -0.495 e. The molecule has 0 bridgehead atoms. The monoisotopic (exact) mass is 423 g/mol. The fourth-order valence-corrected chi connectivity index (χ4v) is 2.82. The lowest BCUT2D eigenvalue weighted by Gasteiger charge is -2.16. The number of ether oxygens (including phenoxy) is 1. The van der Waals surface area contributed by atoms with Crippen LogP contribution >= 0.6 is 11.6 Å². The molecule has 0 aliphatic carbocycles. The summed E-state index contributed by atoms with van der Waals surface area (Å²) >= 11 is 5.65. The topological polar surface area (TPSA) is 85.1 Å². The van der Waals surface area contributed by atoms with Crippen LogP contribution < -0.4 is 21.1 Å². The van der Waals surface area contributed by atoms with Gasteiger partial charge in [0.05, 0.1) is 23.4 Å². The van der Waals surface area contributed by atoms with E-state index in [4.69, 9.17) is 22.1 Å². The van der Waals surface area contributed by atoms with Gasteiger partial charge < -0.3 is 21.1 Å². The number of nitrogens with zero attached hydrogens (tertiary/aromatic N) is 2. The van der Waals surface area contributed by atoms with Crippen molar-refractivity contribution < 1.29 is 17.9 Å². The molecular weight excluding hydrogens is 407 g/mol. The van der Waals surface area contributed by atoms with Gasteiger partial charge in [-0.05, 0) is 42.8 Å². The van der Waals surface area contributed by atoms with Crippen molar-refractivity contribution in [3.05, 3.63) is 58.9 Å². The van der Waals surface area contributed by atoms with Crippen molar-refractivity contribution in [3.8, 4) is 5.75 Å². The molecule has 0 fully saturated rings. The number of nitrogens with two attached hydrogens (primary N) is 1. The molecule has 1 heterocycles. The van der Waals surface area contributed by atoms with Crippen LogP contribution in [0.25, 0.3) is 0 Å². The number of rotatable bonds is 5. The van der Waals surface area contributed by atoms with Gasteiger partial charge in [-0.1, -0.05) is 17.7 Å². The first-order valence-corrected chi connectivity index (χ1v) is 8.72. The first-order chi connectivity index (χ1) is 13.7. The molecule has 0 saturated carbocycles. The van der Waals surface area contributed by atoms with Crippen LogP contribution in [0.15, 0.2) is 42.7 Å². The van der Waals surface area contributed by atoms with Crippen molar-refractivity contribution in [2.75, 3.05) is 23.5 Å². The van der Waals surface area contributed by atoms with Crippen molar-refractivity contribution >= 4 is 40.3 Å². The zero-order chi connectivity index (χ0) is 21.2. The number of aromatic nitrogens is 2. The minimum atomic E-state index is -4.58. The molecule has 0 spiro atoms. The van der Waals surface area contributed by atoms with Crippen LogP contribution in [0.3, 0.4) is 0 Å². The van der Waals surface area contributed by atoms with Crippen LogP contribution in [0.2, 0.25) is 5.02 Å². The van der Waals surface area contributed by atoms with E-state index in [-0.39, 0.29) is 23.0 Å². The lowest BCUT2D eigenvalue weighted by Crippen LogP contribution is -2.08. The molecule has 4 N–H and O–H groups in total. The van der Waals surface area contributed by atoms with Gasteiger partial charge in [0.15, 0.2) is 11.6 Å². The quantitative estimate of drug-likeness (QED) is 0.500. The highest BCUT2D eigenvalue weighted by molar-refractivity contribution is 6.31. The molecule has 0 atom stereocenters. The van der Waals surface area contributed by atoms with Crippen molar-refractivity contribution in [2.45, 2.75) is 13.1 Å². The Balaban J connectivity index is 1.91. The van der Waals surface area contributed by atoms with E-state index in [0.717, 1.165) is 17.7 Å². The Labute approximate surface area is 169 Å². The highest BCUT2D eigenvalue weighted by Crippen LogP contribution is 2.37. The molecular formula is C19H17ClF3N5O. The van der Waals surface area contributed by atoms with E-state index < -0.39 is 16.8 Å². The third-order valence-electron chi connectivity index (χ3n) is 4.03. The van der Waals surface area contributed by atoms with Crippen molar-refractivity contribution in [1.29, 1.82) is 0 Å². The maximum atomic E-state index is 13.1. The van der Waals surface area contributed by atoms with Crippen LogP contribution in [0.4, 0.5) is 41.9 Å². The molecule has 0 aliphatic rings. The summed E-state index contributed by atoms with van der Waals surface area (Å²) in [6.45, 7) is 1.92. The van der Waals surface area contributed by atoms with Gasteiger partial charge in [0.1, 0.15) is 17.8 Å². The summed E-state index contributed by atoms with van der Waals surface area (Å²) in [5, 5.41) is 5.44. The van der Waals surface area contributed by atoms with Crippen LogP contribution in [0, 0.1) is 6.92 Å². The maximum absolute atomic E-state index is 13.1. The standard InChI is InChI=1S/C19H17ClF3N5O/c1-10-3-6-15(29-2)14(7-10)28-18-16(24)17(25-9-26-18)27-11-4-5-13(20)12(8-11)19(21,22)23/h3-9H,24H2,1-2H3,(H2,25,26,27,28). The molecule has 152 valence electrons. The molecule has 10 heteroatoms. The van der Waals surface area contributed by atoms with Gasteiger partial charge in [-0.25, -0.2) is 9.97 Å². The number of hydrogen-bond acceptors (Lipinski definition) is 6. The SMILES string of the molecule is COc1ccc(C)cc1Nc1ncnc(Nc2ccc(Cl)c(C(F)(F)F)c2)c1N. The summed E-state index contributed by atoms with van der Waals surface area (Å²) in [5.74, 6) is 0.997. The number of aryl methyl sites for hydroxylation is 1. The summed E-state index contributed by atoms with van der Waals surface area (Å²) in [7, 11) is 1.53. The minimum absolute atomic E-state index is 0.125. The van der Waals surface area contributed by atoms with Crippen molar-refractivity contribution in [2.24, 2.45) is 0 Å². The number of hydrogen-bond donors (Lipinski definition) is 3. The average molecular weight is 424 g/mol. The number of nitrogen functional groups attached to an aromatic ring is 1. The van der Waals surface area contributed by atoms with E-state index in [1.807, 2.05) is 19.1 Å². The molecule has 0 amide bonds. The molecule has 0 saturated heterocycles. The van der Waals surface area contributed by atoms with Gasteiger partial charge in [0.2, 0.25) is 0 Å². The van der Waals surface area contributed by atoms with Crippen LogP contribution in [0.1, 0.15) is 11.1 Å². The van der Waals surface area contributed by atoms with E-state index >= 15 is 0 Å². The zero-order valence-electron chi connectivity index (χ0n) is 15.4. The Morgan fingerprint density at radius 2 is 1.72 bits per heavy atom. The number of alkyl halides is 3. The first kappa shape index (κ1) is 20.5. The Kier molecular flexibility index (Phi) is 5.69. The van der Waals surface area contributed by atoms with E-state index in [1.165, 1.54) is 19.5 Å². The van der Waals surface area contributed by atoms with E-state index in [0.29, 0.717) is 11.4 Å². The number of methoxy groups -OCH3 is 1.